The van der Waals surface area contributed by atoms with Crippen molar-refractivity contribution in [2.75, 3.05) is 11.0 Å². The molecule has 0 aromatic rings. The number of hydrogen-bond acceptors (Lipinski definition) is 3. The van der Waals surface area contributed by atoms with E-state index in [1.165, 1.54) is 0 Å². The number of nitrogens with one attached hydrogen (secondary N) is 2. The molecule has 0 radical (unpaired) electrons. The van der Waals surface area contributed by atoms with Gasteiger partial charge in [0.05, 0.1) is 4.43 Å². The van der Waals surface area contributed by atoms with Crippen LogP contribution in [0.2, 0.25) is 0 Å². The molecule has 0 aliphatic carbocycles. The monoisotopic (exact) mass is 412 g/mol. The molecule has 3 N–H and O–H groups in total. The number of amides is 2. The van der Waals surface area contributed by atoms with E-state index in [0.29, 0.717) is 30.2 Å². The molecule has 6 nitrogen and oxygen atoms in total. The Morgan fingerprint density at radius 2 is 1.81 bits per heavy atom. The van der Waals surface area contributed by atoms with E-state index in [1.807, 2.05) is 29.5 Å². The van der Waals surface area contributed by atoms with Gasteiger partial charge in [0.2, 0.25) is 11.8 Å². The molecule has 0 aromatic heterocycles. The Kier molecular flexibility index (Phi) is 12.3. The molecule has 0 heterocycles. The van der Waals surface area contributed by atoms with Crippen molar-refractivity contribution in [1.29, 1.82) is 0 Å². The van der Waals surface area contributed by atoms with Crippen LogP contribution in [0.3, 0.4) is 0 Å². The van der Waals surface area contributed by atoms with E-state index in [0.717, 1.165) is 19.3 Å². The fraction of sp³-hybridized carbons (Fsp3) is 0.786. The van der Waals surface area contributed by atoms with Crippen LogP contribution in [0.4, 0.5) is 0 Å². The van der Waals surface area contributed by atoms with Crippen LogP contribution in [0.1, 0.15) is 51.9 Å². The maximum atomic E-state index is 11.6. The number of rotatable bonds is 12. The minimum absolute atomic E-state index is 0.00119. The molecule has 0 bridgehead atoms. The number of carboxylic acid groups (broad SMARTS) is 1. The Morgan fingerprint density at radius 1 is 1.10 bits per heavy atom. The number of halogens is 1. The van der Waals surface area contributed by atoms with E-state index < -0.39 is 5.97 Å². The molecule has 0 saturated heterocycles. The van der Waals surface area contributed by atoms with Gasteiger partial charge in [0, 0.05) is 25.4 Å². The summed E-state index contributed by atoms with van der Waals surface area (Å²) < 4.78 is 0.427. The molecule has 0 spiro atoms. The first-order valence-electron chi connectivity index (χ1n) is 7.33. The van der Waals surface area contributed by atoms with Gasteiger partial charge in [0.25, 0.3) is 0 Å². The predicted molar refractivity (Wildman–Crippen MR) is 89.5 cm³/mol. The zero-order valence-electron chi connectivity index (χ0n) is 12.5. The molecular weight excluding hydrogens is 387 g/mol. The van der Waals surface area contributed by atoms with E-state index in [9.17, 15) is 14.4 Å². The Balaban J connectivity index is 3.64. The summed E-state index contributed by atoms with van der Waals surface area (Å²) in [5.74, 6) is -0.796. The number of hydrogen-bond donors (Lipinski definition) is 3. The molecule has 1 unspecified atom stereocenters. The lowest BCUT2D eigenvalue weighted by Gasteiger charge is -2.16. The average Bonchev–Trinajstić information content (AvgIpc) is 2.46. The standard InChI is InChI=1S/C14H25IN2O4/c1-2-11(17-13(19)10-15)7-8-12(18)16-9-5-3-4-6-14(20)21/h11H,2-10H2,1H3,(H,16,18)(H,17,19)(H,20,21). The van der Waals surface area contributed by atoms with Crippen LogP contribution in [0.15, 0.2) is 0 Å². The van der Waals surface area contributed by atoms with E-state index in [2.05, 4.69) is 10.6 Å². The summed E-state index contributed by atoms with van der Waals surface area (Å²) in [5, 5.41) is 14.2. The maximum absolute atomic E-state index is 11.6. The highest BCUT2D eigenvalue weighted by Crippen LogP contribution is 2.03. The Bertz CT molecular complexity index is 337. The molecular formula is C14H25IN2O4. The molecule has 122 valence electrons. The number of carboxylic acids is 1. The first-order valence-corrected chi connectivity index (χ1v) is 8.86. The normalized spacial score (nSPS) is 11.7. The van der Waals surface area contributed by atoms with Crippen LogP contribution in [-0.2, 0) is 14.4 Å². The van der Waals surface area contributed by atoms with Crippen molar-refractivity contribution in [2.45, 2.75) is 57.9 Å². The van der Waals surface area contributed by atoms with Gasteiger partial charge in [-0.05, 0) is 25.7 Å². The number of carbonyl (C=O) groups excluding carboxylic acids is 2. The Labute approximate surface area is 139 Å². The third-order valence-electron chi connectivity index (χ3n) is 3.09. The van der Waals surface area contributed by atoms with Crippen LogP contribution in [0.25, 0.3) is 0 Å². The van der Waals surface area contributed by atoms with Crippen molar-refractivity contribution in [2.24, 2.45) is 0 Å². The number of carbonyl (C=O) groups is 3. The van der Waals surface area contributed by atoms with Gasteiger partial charge in [-0.15, -0.1) is 0 Å². The minimum atomic E-state index is -0.779. The van der Waals surface area contributed by atoms with Gasteiger partial charge >= 0.3 is 5.97 Å². The summed E-state index contributed by atoms with van der Waals surface area (Å²) in [6, 6.07) is 0.0496. The zero-order valence-corrected chi connectivity index (χ0v) is 14.6. The van der Waals surface area contributed by atoms with E-state index in [4.69, 9.17) is 5.11 Å². The van der Waals surface area contributed by atoms with Crippen LogP contribution in [0.5, 0.6) is 0 Å². The molecule has 0 aliphatic heterocycles. The maximum Gasteiger partial charge on any atom is 0.303 e. The second-order valence-corrected chi connectivity index (χ2v) is 5.66. The molecule has 0 aromatic carbocycles. The van der Waals surface area contributed by atoms with E-state index in [-0.39, 0.29) is 24.3 Å². The van der Waals surface area contributed by atoms with Crippen LogP contribution in [-0.4, -0.2) is 39.9 Å². The highest BCUT2D eigenvalue weighted by molar-refractivity contribution is 14.1. The summed E-state index contributed by atoms with van der Waals surface area (Å²) in [5.41, 5.74) is 0. The van der Waals surface area contributed by atoms with Gasteiger partial charge < -0.3 is 15.7 Å². The molecule has 1 atom stereocenters. The predicted octanol–water partition coefficient (Wildman–Crippen LogP) is 1.86. The van der Waals surface area contributed by atoms with Gasteiger partial charge in [0.15, 0.2) is 0 Å². The van der Waals surface area contributed by atoms with Gasteiger partial charge in [-0.2, -0.15) is 0 Å². The van der Waals surface area contributed by atoms with Crippen molar-refractivity contribution in [3.05, 3.63) is 0 Å². The molecule has 0 aliphatic rings. The highest BCUT2D eigenvalue weighted by Gasteiger charge is 2.11. The van der Waals surface area contributed by atoms with Gasteiger partial charge in [-0.3, -0.25) is 14.4 Å². The van der Waals surface area contributed by atoms with Crippen molar-refractivity contribution in [1.82, 2.24) is 10.6 Å². The minimum Gasteiger partial charge on any atom is -0.481 e. The van der Waals surface area contributed by atoms with Crippen LogP contribution in [0, 0.1) is 0 Å². The van der Waals surface area contributed by atoms with Crippen molar-refractivity contribution in [3.63, 3.8) is 0 Å². The lowest BCUT2D eigenvalue weighted by atomic mass is 10.1. The van der Waals surface area contributed by atoms with Crippen molar-refractivity contribution in [3.8, 4) is 0 Å². The van der Waals surface area contributed by atoms with Crippen LogP contribution >= 0.6 is 22.6 Å². The van der Waals surface area contributed by atoms with E-state index in [1.54, 1.807) is 0 Å². The van der Waals surface area contributed by atoms with Gasteiger partial charge in [-0.25, -0.2) is 0 Å². The molecule has 21 heavy (non-hydrogen) atoms. The Morgan fingerprint density at radius 3 is 2.38 bits per heavy atom. The smallest absolute Gasteiger partial charge is 0.303 e. The topological polar surface area (TPSA) is 95.5 Å². The quantitative estimate of drug-likeness (QED) is 0.259. The molecule has 0 saturated carbocycles. The molecule has 2 amide bonds. The first-order chi connectivity index (χ1) is 9.99. The molecule has 0 rings (SSSR count). The van der Waals surface area contributed by atoms with Gasteiger partial charge in [0.1, 0.15) is 0 Å². The lowest BCUT2D eigenvalue weighted by Crippen LogP contribution is -2.36. The second kappa shape index (κ2) is 12.8. The highest BCUT2D eigenvalue weighted by atomic mass is 127. The number of aliphatic carboxylic acids is 1. The fourth-order valence-electron chi connectivity index (χ4n) is 1.84. The largest absolute Gasteiger partial charge is 0.481 e. The lowest BCUT2D eigenvalue weighted by molar-refractivity contribution is -0.137. The second-order valence-electron chi connectivity index (χ2n) is 4.90. The number of alkyl halides is 1. The fourth-order valence-corrected chi connectivity index (χ4v) is 2.06. The third kappa shape index (κ3) is 12.6. The summed E-state index contributed by atoms with van der Waals surface area (Å²) in [6.45, 7) is 2.56. The van der Waals surface area contributed by atoms with E-state index >= 15 is 0 Å². The van der Waals surface area contributed by atoms with Crippen molar-refractivity contribution >= 4 is 40.4 Å². The first kappa shape index (κ1) is 20.1. The van der Waals surface area contributed by atoms with Crippen LogP contribution < -0.4 is 10.6 Å². The summed E-state index contributed by atoms with van der Waals surface area (Å²) in [7, 11) is 0. The SMILES string of the molecule is CCC(CCC(=O)NCCCCCC(=O)O)NC(=O)CI. The van der Waals surface area contributed by atoms with Gasteiger partial charge in [-0.1, -0.05) is 35.9 Å². The summed E-state index contributed by atoms with van der Waals surface area (Å²) >= 11 is 2.01. The van der Waals surface area contributed by atoms with Crippen molar-refractivity contribution < 1.29 is 19.5 Å². The Hall–Kier alpha value is -0.860. The average molecular weight is 412 g/mol. The summed E-state index contributed by atoms with van der Waals surface area (Å²) in [4.78, 5) is 33.2. The molecule has 7 heteroatoms. The zero-order chi connectivity index (χ0) is 16.1. The molecule has 0 fully saturated rings. The number of unbranched alkanes of at least 4 members (excludes halogenated alkanes) is 2. The summed E-state index contributed by atoms with van der Waals surface area (Å²) in [6.07, 6.45) is 4.27. The third-order valence-corrected chi connectivity index (χ3v) is 3.78.